The molecule has 2 heterocycles. The standard InChI is InChI=1S/C32H31F3N3.C13H24O2.Ir/c1-19(2)25-14-23(13-21-9-7-8-10-24(21)25)28-27-22(11-12-36-28)15-26(31(27,5)6)29-37-17-20(18-38-29)16-30(3,4)32(33,34)35;1-5-10(6-2)12(14)9-13(15)11(7-3)8-4;/h7-12,14-15,17-19H,16H2,1-6H3;9-11,14H,5-8H2,1-4H3;/q-1;;/b;12-9-;. The van der Waals surface area contributed by atoms with Crippen molar-refractivity contribution >= 4 is 28.2 Å². The number of fused-ring (bicyclic) bond motifs is 2. The van der Waals surface area contributed by atoms with Gasteiger partial charge in [0.15, 0.2) is 11.6 Å². The van der Waals surface area contributed by atoms with Gasteiger partial charge in [-0.2, -0.15) is 13.2 Å². The summed E-state index contributed by atoms with van der Waals surface area (Å²) in [5.74, 6) is 1.39. The molecule has 293 valence electrons. The third-order valence-electron chi connectivity index (χ3n) is 10.7. The molecule has 54 heavy (non-hydrogen) atoms. The van der Waals surface area contributed by atoms with E-state index in [4.69, 9.17) is 4.98 Å². The van der Waals surface area contributed by atoms with Gasteiger partial charge in [0, 0.05) is 73.3 Å². The van der Waals surface area contributed by atoms with Gasteiger partial charge < -0.3 is 5.11 Å². The summed E-state index contributed by atoms with van der Waals surface area (Å²) in [4.78, 5) is 25.6. The average Bonchev–Trinajstić information content (AvgIpc) is 3.38. The second-order valence-corrected chi connectivity index (χ2v) is 15.6. The Bertz CT molecular complexity index is 1960. The first-order valence-electron chi connectivity index (χ1n) is 18.9. The molecule has 1 aliphatic carbocycles. The van der Waals surface area contributed by atoms with Gasteiger partial charge in [0.05, 0.1) is 11.2 Å². The van der Waals surface area contributed by atoms with Crippen LogP contribution < -0.4 is 0 Å². The maximum atomic E-state index is 13.4. The van der Waals surface area contributed by atoms with Crippen molar-refractivity contribution in [3.8, 4) is 11.3 Å². The van der Waals surface area contributed by atoms with Crippen molar-refractivity contribution in [3.05, 3.63) is 101 Å². The van der Waals surface area contributed by atoms with Crippen molar-refractivity contribution in [1.29, 1.82) is 0 Å². The number of rotatable bonds is 12. The number of allylic oxidation sites excluding steroid dienone is 3. The number of halogens is 3. The molecule has 0 unspecified atom stereocenters. The molecule has 0 amide bonds. The monoisotopic (exact) mass is 919 g/mol. The second kappa shape index (κ2) is 18.3. The number of hydrogen-bond acceptors (Lipinski definition) is 5. The molecule has 0 fully saturated rings. The van der Waals surface area contributed by atoms with Gasteiger partial charge in [-0.15, -0.1) is 29.1 Å². The fraction of sp³-hybridized carbons (Fsp3) is 0.467. The summed E-state index contributed by atoms with van der Waals surface area (Å²) in [7, 11) is 0. The van der Waals surface area contributed by atoms with Crippen molar-refractivity contribution in [3.63, 3.8) is 0 Å². The first-order valence-corrected chi connectivity index (χ1v) is 18.9. The number of ketones is 1. The van der Waals surface area contributed by atoms with E-state index in [0.29, 0.717) is 17.3 Å². The molecule has 0 saturated carbocycles. The van der Waals surface area contributed by atoms with Gasteiger partial charge in [-0.05, 0) is 66.9 Å². The first kappa shape index (κ1) is 44.7. The molecule has 5 nitrogen and oxygen atoms in total. The normalized spacial score (nSPS) is 14.1. The zero-order chi connectivity index (χ0) is 39.3. The molecule has 0 aliphatic heterocycles. The number of hydrogen-bond donors (Lipinski definition) is 1. The van der Waals surface area contributed by atoms with E-state index in [0.717, 1.165) is 59.0 Å². The summed E-state index contributed by atoms with van der Waals surface area (Å²) in [6, 6.07) is 16.1. The van der Waals surface area contributed by atoms with E-state index in [1.54, 1.807) is 0 Å². The van der Waals surface area contributed by atoms with Crippen LogP contribution in [0.15, 0.2) is 66.8 Å². The van der Waals surface area contributed by atoms with Gasteiger partial charge in [-0.3, -0.25) is 9.78 Å². The summed E-state index contributed by atoms with van der Waals surface area (Å²) < 4.78 is 40.1. The van der Waals surface area contributed by atoms with Crippen LogP contribution in [0.25, 0.3) is 33.7 Å². The minimum absolute atomic E-state index is 0. The number of benzene rings is 2. The topological polar surface area (TPSA) is 76.0 Å². The first-order chi connectivity index (χ1) is 24.9. The number of aromatic nitrogens is 3. The fourth-order valence-corrected chi connectivity index (χ4v) is 7.11. The average molecular weight is 919 g/mol. The van der Waals surface area contributed by atoms with E-state index in [9.17, 15) is 23.1 Å². The van der Waals surface area contributed by atoms with Gasteiger partial charge in [0.2, 0.25) is 0 Å². The third kappa shape index (κ3) is 9.75. The van der Waals surface area contributed by atoms with Gasteiger partial charge in [0.1, 0.15) is 0 Å². The molecule has 4 aromatic rings. The van der Waals surface area contributed by atoms with Crippen LogP contribution in [0.4, 0.5) is 13.2 Å². The molecule has 1 radical (unpaired) electrons. The minimum atomic E-state index is -4.30. The SMILES string of the molecule is CC(C)c1cc(-c2nccc3c2C(C)(C)C(c2ncc(CC(C)(C)C(F)(F)F)cn2)=C3)[c-]c2ccccc12.CCC(CC)C(=O)/C=C(\O)C(CC)CC.[Ir]. The van der Waals surface area contributed by atoms with Gasteiger partial charge >= 0.3 is 6.18 Å². The van der Waals surface area contributed by atoms with Crippen molar-refractivity contribution in [1.82, 2.24) is 15.0 Å². The van der Waals surface area contributed by atoms with Crippen LogP contribution >= 0.6 is 0 Å². The van der Waals surface area contributed by atoms with Crippen LogP contribution in [0.1, 0.15) is 129 Å². The fourth-order valence-electron chi connectivity index (χ4n) is 7.11. The zero-order valence-electron chi connectivity index (χ0n) is 33.3. The van der Waals surface area contributed by atoms with E-state index < -0.39 is 17.0 Å². The van der Waals surface area contributed by atoms with Gasteiger partial charge in [0.25, 0.3) is 0 Å². The molecule has 1 aliphatic rings. The summed E-state index contributed by atoms with van der Waals surface area (Å²) >= 11 is 0. The van der Waals surface area contributed by atoms with E-state index in [1.807, 2.05) is 46.0 Å². The van der Waals surface area contributed by atoms with Crippen LogP contribution in [-0.4, -0.2) is 32.0 Å². The third-order valence-corrected chi connectivity index (χ3v) is 10.7. The Labute approximate surface area is 333 Å². The van der Waals surface area contributed by atoms with Crippen LogP contribution in [-0.2, 0) is 36.7 Å². The van der Waals surface area contributed by atoms with Crippen molar-refractivity contribution < 1.29 is 43.2 Å². The molecule has 2 aromatic carbocycles. The van der Waals surface area contributed by atoms with Crippen molar-refractivity contribution in [2.24, 2.45) is 17.3 Å². The van der Waals surface area contributed by atoms with E-state index in [2.05, 4.69) is 74.1 Å². The second-order valence-electron chi connectivity index (χ2n) is 15.6. The molecular weight excluding hydrogens is 864 g/mol. The molecule has 0 atom stereocenters. The predicted octanol–water partition coefficient (Wildman–Crippen LogP) is 12.4. The smallest absolute Gasteiger partial charge is 0.394 e. The van der Waals surface area contributed by atoms with Crippen LogP contribution in [0.2, 0.25) is 0 Å². The van der Waals surface area contributed by atoms with E-state index in [1.165, 1.54) is 43.3 Å². The number of carbonyl (C=O) groups excluding carboxylic acids is 1. The minimum Gasteiger partial charge on any atom is -0.512 e. The van der Waals surface area contributed by atoms with E-state index >= 15 is 0 Å². The maximum absolute atomic E-state index is 13.4. The molecule has 1 N–H and O–H groups in total. The number of pyridine rings is 1. The molecule has 0 bridgehead atoms. The van der Waals surface area contributed by atoms with Crippen molar-refractivity contribution in [2.45, 2.75) is 119 Å². The van der Waals surface area contributed by atoms with Crippen LogP contribution in [0.3, 0.4) is 0 Å². The number of aliphatic hydroxyl groups is 1. The number of aliphatic hydroxyl groups excluding tert-OH is 1. The quantitative estimate of drug-likeness (QED) is 0.0870. The van der Waals surface area contributed by atoms with Crippen LogP contribution in [0, 0.1) is 23.3 Å². The summed E-state index contributed by atoms with van der Waals surface area (Å²) in [6.45, 7) is 19.1. The largest absolute Gasteiger partial charge is 0.512 e. The Morgan fingerprint density at radius 1 is 0.926 bits per heavy atom. The van der Waals surface area contributed by atoms with E-state index in [-0.39, 0.29) is 49.9 Å². The van der Waals surface area contributed by atoms with Crippen LogP contribution in [0.5, 0.6) is 0 Å². The summed E-state index contributed by atoms with van der Waals surface area (Å²) in [6.07, 6.45) is 7.33. The van der Waals surface area contributed by atoms with Crippen molar-refractivity contribution in [2.75, 3.05) is 0 Å². The molecule has 2 aromatic heterocycles. The van der Waals surface area contributed by atoms with Gasteiger partial charge in [-0.25, -0.2) is 9.97 Å². The Balaban J connectivity index is 0.000000418. The molecule has 9 heteroatoms. The molecule has 0 saturated heterocycles. The maximum Gasteiger partial charge on any atom is 0.394 e. The molecule has 0 spiro atoms. The Kier molecular flexibility index (Phi) is 15.2. The summed E-state index contributed by atoms with van der Waals surface area (Å²) in [5, 5.41) is 12.0. The molecule has 5 rings (SSSR count). The Hall–Kier alpha value is -3.68. The number of nitrogens with zero attached hydrogens (tertiary/aromatic N) is 3. The number of carbonyl (C=O) groups is 1. The summed E-state index contributed by atoms with van der Waals surface area (Å²) in [5.41, 5.74) is 4.21. The number of alkyl halides is 3. The Morgan fingerprint density at radius 2 is 1.52 bits per heavy atom. The molecular formula is C45H55F3IrN3O2-. The van der Waals surface area contributed by atoms with Gasteiger partial charge in [-0.1, -0.05) is 98.4 Å². The predicted molar refractivity (Wildman–Crippen MR) is 210 cm³/mol. The zero-order valence-corrected chi connectivity index (χ0v) is 35.7. The Morgan fingerprint density at radius 3 is 2.07 bits per heavy atom.